The lowest BCUT2D eigenvalue weighted by molar-refractivity contribution is -0.122. The number of aliphatic imine (C=N–C) groups is 1. The number of unbranched alkanes of at least 4 members (excludes halogenated alkanes) is 2. The van der Waals surface area contributed by atoms with Crippen LogP contribution in [-0.2, 0) is 4.79 Å². The summed E-state index contributed by atoms with van der Waals surface area (Å²) in [7, 11) is 0. The zero-order valence-corrected chi connectivity index (χ0v) is 16.6. The van der Waals surface area contributed by atoms with Crippen LogP contribution in [0.15, 0.2) is 4.99 Å². The van der Waals surface area contributed by atoms with Crippen LogP contribution < -0.4 is 16.0 Å². The Hall–Kier alpha value is -0.530. The quantitative estimate of drug-likeness (QED) is 0.219. The number of guanidine groups is 1. The van der Waals surface area contributed by atoms with Crippen LogP contribution in [0.1, 0.15) is 59.3 Å². The van der Waals surface area contributed by atoms with Gasteiger partial charge in [0.05, 0.1) is 6.54 Å². The van der Waals surface area contributed by atoms with Crippen molar-refractivity contribution in [2.24, 2.45) is 10.9 Å². The van der Waals surface area contributed by atoms with Gasteiger partial charge in [-0.3, -0.25) is 9.79 Å². The normalized spacial score (nSPS) is 15.7. The third-order valence-corrected chi connectivity index (χ3v) is 3.60. The van der Waals surface area contributed by atoms with E-state index in [2.05, 4.69) is 41.7 Å². The van der Waals surface area contributed by atoms with Crippen molar-refractivity contribution in [1.29, 1.82) is 0 Å². The van der Waals surface area contributed by atoms with Crippen molar-refractivity contribution in [3.63, 3.8) is 0 Å². The molecule has 1 rings (SSSR count). The Bertz CT molecular complexity index is 332. The van der Waals surface area contributed by atoms with Crippen LogP contribution >= 0.6 is 24.0 Å². The van der Waals surface area contributed by atoms with E-state index in [0.29, 0.717) is 19.1 Å². The number of carbonyl (C=O) groups excluding carboxylic acids is 1. The first kappa shape index (κ1) is 21.5. The highest BCUT2D eigenvalue weighted by molar-refractivity contribution is 14.0. The molecule has 0 heterocycles. The highest BCUT2D eigenvalue weighted by Gasteiger charge is 2.28. The van der Waals surface area contributed by atoms with Gasteiger partial charge in [-0.25, -0.2) is 0 Å². The molecule has 1 saturated carbocycles. The minimum atomic E-state index is 0. The summed E-state index contributed by atoms with van der Waals surface area (Å²) in [4.78, 5) is 16.0. The van der Waals surface area contributed by atoms with E-state index in [-0.39, 0.29) is 35.8 Å². The summed E-state index contributed by atoms with van der Waals surface area (Å²) in [5.74, 6) is 1.32. The Kier molecular flexibility index (Phi) is 12.6. The number of amides is 1. The first-order chi connectivity index (χ1) is 10.2. The Balaban J connectivity index is 0.00000441. The van der Waals surface area contributed by atoms with Gasteiger partial charge in [0.25, 0.3) is 0 Å². The maximum absolute atomic E-state index is 11.5. The topological polar surface area (TPSA) is 65.5 Å². The fourth-order valence-corrected chi connectivity index (χ4v) is 2.16. The maximum atomic E-state index is 11.5. The Morgan fingerprint density at radius 2 is 1.95 bits per heavy atom. The van der Waals surface area contributed by atoms with E-state index in [1.165, 1.54) is 19.3 Å². The molecule has 0 aromatic heterocycles. The van der Waals surface area contributed by atoms with Gasteiger partial charge in [-0.05, 0) is 33.1 Å². The maximum Gasteiger partial charge on any atom is 0.223 e. The van der Waals surface area contributed by atoms with Crippen molar-refractivity contribution in [1.82, 2.24) is 16.0 Å². The second-order valence-electron chi connectivity index (χ2n) is 5.87. The number of carbonyl (C=O) groups is 1. The van der Waals surface area contributed by atoms with Gasteiger partial charge in [0.2, 0.25) is 5.91 Å². The van der Waals surface area contributed by atoms with Gasteiger partial charge in [-0.2, -0.15) is 0 Å². The number of rotatable bonds is 10. The number of halogens is 1. The molecule has 6 heteroatoms. The van der Waals surface area contributed by atoms with Gasteiger partial charge < -0.3 is 16.0 Å². The van der Waals surface area contributed by atoms with Crippen molar-refractivity contribution in [2.75, 3.05) is 19.6 Å². The lowest BCUT2D eigenvalue weighted by Gasteiger charge is -2.17. The summed E-state index contributed by atoms with van der Waals surface area (Å²) in [6.07, 6.45) is 7.05. The van der Waals surface area contributed by atoms with E-state index in [0.717, 1.165) is 31.8 Å². The van der Waals surface area contributed by atoms with E-state index in [1.807, 2.05) is 0 Å². The number of hydrogen-bond acceptors (Lipinski definition) is 2. The molecule has 3 N–H and O–H groups in total. The molecule has 1 aliphatic carbocycles. The molecule has 22 heavy (non-hydrogen) atoms. The summed E-state index contributed by atoms with van der Waals surface area (Å²) < 4.78 is 0. The molecule has 0 bridgehead atoms. The van der Waals surface area contributed by atoms with Gasteiger partial charge in [-0.1, -0.05) is 26.2 Å². The van der Waals surface area contributed by atoms with Crippen molar-refractivity contribution >= 4 is 35.8 Å². The van der Waals surface area contributed by atoms with Crippen LogP contribution in [-0.4, -0.2) is 37.5 Å². The van der Waals surface area contributed by atoms with E-state index in [1.54, 1.807) is 0 Å². The van der Waals surface area contributed by atoms with Crippen LogP contribution in [0, 0.1) is 5.92 Å². The Labute approximate surface area is 152 Å². The fourth-order valence-electron chi connectivity index (χ4n) is 2.16. The van der Waals surface area contributed by atoms with E-state index in [4.69, 9.17) is 0 Å². The van der Waals surface area contributed by atoms with Crippen molar-refractivity contribution in [3.8, 4) is 0 Å². The summed E-state index contributed by atoms with van der Waals surface area (Å²) in [6.45, 7) is 8.57. The average Bonchev–Trinajstić information content (AvgIpc) is 3.28. The first-order valence-electron chi connectivity index (χ1n) is 8.49. The molecule has 1 fully saturated rings. The van der Waals surface area contributed by atoms with E-state index >= 15 is 0 Å². The molecule has 130 valence electrons. The van der Waals surface area contributed by atoms with Gasteiger partial charge in [0.15, 0.2) is 5.96 Å². The minimum Gasteiger partial charge on any atom is -0.357 e. The highest BCUT2D eigenvalue weighted by Crippen LogP contribution is 2.28. The van der Waals surface area contributed by atoms with Crippen LogP contribution in [0.3, 0.4) is 0 Å². The second-order valence-corrected chi connectivity index (χ2v) is 5.87. The molecular weight excluding hydrogens is 391 g/mol. The molecule has 0 radical (unpaired) electrons. The van der Waals surface area contributed by atoms with E-state index in [9.17, 15) is 4.79 Å². The minimum absolute atomic E-state index is 0. The van der Waals surface area contributed by atoms with Crippen molar-refractivity contribution < 1.29 is 4.79 Å². The lowest BCUT2D eigenvalue weighted by atomic mass is 10.1. The zero-order valence-electron chi connectivity index (χ0n) is 14.3. The molecular formula is C16H33IN4O. The third kappa shape index (κ3) is 10.2. The monoisotopic (exact) mass is 424 g/mol. The Morgan fingerprint density at radius 3 is 2.55 bits per heavy atom. The number of nitrogens with one attached hydrogen (secondary N) is 3. The van der Waals surface area contributed by atoms with Crippen LogP contribution in [0.2, 0.25) is 0 Å². The summed E-state index contributed by atoms with van der Waals surface area (Å²) in [5.41, 5.74) is 0. The molecule has 0 aliphatic heterocycles. The largest absolute Gasteiger partial charge is 0.357 e. The molecule has 0 aromatic rings. The van der Waals surface area contributed by atoms with Gasteiger partial charge in [0, 0.05) is 25.0 Å². The SMILES string of the molecule is CCCCCC(C)NC(=NCCNC(=O)C1CC1)NCC.I. The van der Waals surface area contributed by atoms with Gasteiger partial charge in [-0.15, -0.1) is 24.0 Å². The van der Waals surface area contributed by atoms with Crippen LogP contribution in [0.4, 0.5) is 0 Å². The molecule has 0 aromatic carbocycles. The summed E-state index contributed by atoms with van der Waals surface area (Å²) in [5, 5.41) is 9.62. The molecule has 0 spiro atoms. The second kappa shape index (κ2) is 13.0. The standard InChI is InChI=1S/C16H32N4O.HI/c1-4-6-7-8-13(3)20-16(17-5-2)19-12-11-18-15(21)14-9-10-14;/h13-14H,4-12H2,1-3H3,(H,18,21)(H2,17,19,20);1H. The van der Waals surface area contributed by atoms with Crippen LogP contribution in [0.5, 0.6) is 0 Å². The van der Waals surface area contributed by atoms with Gasteiger partial charge >= 0.3 is 0 Å². The van der Waals surface area contributed by atoms with E-state index < -0.39 is 0 Å². The molecule has 1 amide bonds. The third-order valence-electron chi connectivity index (χ3n) is 3.60. The molecule has 0 saturated heterocycles. The summed E-state index contributed by atoms with van der Waals surface area (Å²) in [6, 6.07) is 0.426. The summed E-state index contributed by atoms with van der Waals surface area (Å²) >= 11 is 0. The number of hydrogen-bond donors (Lipinski definition) is 3. The van der Waals surface area contributed by atoms with Crippen molar-refractivity contribution in [3.05, 3.63) is 0 Å². The zero-order chi connectivity index (χ0) is 15.5. The number of nitrogens with zero attached hydrogens (tertiary/aromatic N) is 1. The molecule has 1 aliphatic rings. The first-order valence-corrected chi connectivity index (χ1v) is 8.49. The smallest absolute Gasteiger partial charge is 0.223 e. The van der Waals surface area contributed by atoms with Crippen molar-refractivity contribution in [2.45, 2.75) is 65.3 Å². The molecule has 1 atom stereocenters. The lowest BCUT2D eigenvalue weighted by Crippen LogP contribution is -2.42. The van der Waals surface area contributed by atoms with Crippen LogP contribution in [0.25, 0.3) is 0 Å². The fraction of sp³-hybridized carbons (Fsp3) is 0.875. The molecule has 5 nitrogen and oxygen atoms in total. The molecule has 1 unspecified atom stereocenters. The predicted molar refractivity (Wildman–Crippen MR) is 104 cm³/mol. The average molecular weight is 424 g/mol. The van der Waals surface area contributed by atoms with Gasteiger partial charge in [0.1, 0.15) is 0 Å². The Morgan fingerprint density at radius 1 is 1.23 bits per heavy atom. The predicted octanol–water partition coefficient (Wildman–Crippen LogP) is 2.65. The highest BCUT2D eigenvalue weighted by atomic mass is 127.